The van der Waals surface area contributed by atoms with Gasteiger partial charge in [0.05, 0.1) is 0 Å². The van der Waals surface area contributed by atoms with E-state index in [0.29, 0.717) is 12.5 Å². The highest BCUT2D eigenvalue weighted by Crippen LogP contribution is 2.20. The van der Waals surface area contributed by atoms with E-state index in [1.165, 1.54) is 32.5 Å². The number of amides is 1. The quantitative estimate of drug-likeness (QED) is 0.738. The van der Waals surface area contributed by atoms with Crippen molar-refractivity contribution in [3.8, 4) is 0 Å². The third-order valence-corrected chi connectivity index (χ3v) is 4.05. The number of nitrogens with one attached hydrogen (secondary N) is 2. The zero-order valence-corrected chi connectivity index (χ0v) is 13.0. The van der Waals surface area contributed by atoms with Crippen LogP contribution in [0.15, 0.2) is 0 Å². The van der Waals surface area contributed by atoms with Gasteiger partial charge in [-0.2, -0.15) is 0 Å². The zero-order chi connectivity index (χ0) is 14.3. The molecule has 2 N–H and O–H groups in total. The summed E-state index contributed by atoms with van der Waals surface area (Å²) in [6.07, 6.45) is 3.14. The second-order valence-corrected chi connectivity index (χ2v) is 5.99. The van der Waals surface area contributed by atoms with Crippen molar-refractivity contribution >= 4 is 5.91 Å². The van der Waals surface area contributed by atoms with E-state index >= 15 is 0 Å². The highest BCUT2D eigenvalue weighted by molar-refractivity contribution is 5.76. The van der Waals surface area contributed by atoms with Crippen molar-refractivity contribution in [2.75, 3.05) is 26.2 Å². The molecule has 0 aliphatic carbocycles. The Morgan fingerprint density at radius 1 is 1.26 bits per heavy atom. The van der Waals surface area contributed by atoms with E-state index in [1.807, 2.05) is 13.8 Å². The zero-order valence-electron chi connectivity index (χ0n) is 13.0. The topological polar surface area (TPSA) is 44.4 Å². The molecule has 0 aromatic heterocycles. The highest BCUT2D eigenvalue weighted by Gasteiger charge is 2.22. The lowest BCUT2D eigenvalue weighted by atomic mass is 9.90. The molecule has 1 aliphatic heterocycles. The molecular weight excluding hydrogens is 238 g/mol. The van der Waals surface area contributed by atoms with Crippen LogP contribution in [0.2, 0.25) is 0 Å². The van der Waals surface area contributed by atoms with Crippen LogP contribution in [0.1, 0.15) is 47.0 Å². The maximum absolute atomic E-state index is 11.5. The van der Waals surface area contributed by atoms with Gasteiger partial charge in [-0.15, -0.1) is 0 Å². The van der Waals surface area contributed by atoms with E-state index in [2.05, 4.69) is 29.4 Å². The molecule has 1 amide bonds. The fourth-order valence-corrected chi connectivity index (χ4v) is 2.74. The Morgan fingerprint density at radius 2 is 1.89 bits per heavy atom. The van der Waals surface area contributed by atoms with Gasteiger partial charge in [0.15, 0.2) is 0 Å². The summed E-state index contributed by atoms with van der Waals surface area (Å²) < 4.78 is 0. The molecule has 1 aliphatic rings. The van der Waals surface area contributed by atoms with Crippen molar-refractivity contribution in [1.29, 1.82) is 0 Å². The third kappa shape index (κ3) is 6.39. The SMILES string of the molecule is CCN1CCC(C(C)NCCC(=O)NC(C)C)CC1. The number of likely N-dealkylation sites (tertiary alicyclic amines) is 1. The summed E-state index contributed by atoms with van der Waals surface area (Å²) in [5.41, 5.74) is 0. The number of hydrogen-bond donors (Lipinski definition) is 2. The number of piperidine rings is 1. The van der Waals surface area contributed by atoms with E-state index in [0.717, 1.165) is 12.5 Å². The van der Waals surface area contributed by atoms with Gasteiger partial charge in [0.1, 0.15) is 0 Å². The van der Waals surface area contributed by atoms with E-state index in [1.54, 1.807) is 0 Å². The van der Waals surface area contributed by atoms with Gasteiger partial charge in [0.2, 0.25) is 5.91 Å². The van der Waals surface area contributed by atoms with Crippen LogP contribution < -0.4 is 10.6 Å². The predicted molar refractivity (Wildman–Crippen MR) is 80.2 cm³/mol. The second kappa shape index (κ2) is 8.54. The lowest BCUT2D eigenvalue weighted by molar-refractivity contribution is -0.121. The molecule has 0 aromatic rings. The molecule has 0 spiro atoms. The van der Waals surface area contributed by atoms with E-state index in [-0.39, 0.29) is 11.9 Å². The van der Waals surface area contributed by atoms with Crippen LogP contribution in [0.3, 0.4) is 0 Å². The molecule has 0 bridgehead atoms. The van der Waals surface area contributed by atoms with Crippen molar-refractivity contribution < 1.29 is 4.79 Å². The van der Waals surface area contributed by atoms with Gasteiger partial charge in [0, 0.05) is 25.0 Å². The normalized spacial score (nSPS) is 19.6. The van der Waals surface area contributed by atoms with Crippen LogP contribution >= 0.6 is 0 Å². The molecule has 0 aromatic carbocycles. The molecule has 1 rings (SSSR count). The Bertz CT molecular complexity index is 260. The molecular formula is C15H31N3O. The predicted octanol–water partition coefficient (Wildman–Crippen LogP) is 1.61. The van der Waals surface area contributed by atoms with Crippen LogP contribution in [0.25, 0.3) is 0 Å². The molecule has 1 atom stereocenters. The Morgan fingerprint density at radius 3 is 2.42 bits per heavy atom. The number of carbonyl (C=O) groups is 1. The molecule has 4 nitrogen and oxygen atoms in total. The largest absolute Gasteiger partial charge is 0.354 e. The first-order valence-electron chi connectivity index (χ1n) is 7.78. The van der Waals surface area contributed by atoms with Crippen molar-refractivity contribution in [2.45, 2.75) is 59.0 Å². The van der Waals surface area contributed by atoms with E-state index in [4.69, 9.17) is 0 Å². The van der Waals surface area contributed by atoms with E-state index in [9.17, 15) is 4.79 Å². The third-order valence-electron chi connectivity index (χ3n) is 4.05. The van der Waals surface area contributed by atoms with Gasteiger partial charge in [0.25, 0.3) is 0 Å². The van der Waals surface area contributed by atoms with Crippen LogP contribution in [-0.4, -0.2) is 49.1 Å². The second-order valence-electron chi connectivity index (χ2n) is 5.99. The molecule has 112 valence electrons. The summed E-state index contributed by atoms with van der Waals surface area (Å²) in [6, 6.07) is 0.758. The van der Waals surface area contributed by atoms with Crippen molar-refractivity contribution in [2.24, 2.45) is 5.92 Å². The highest BCUT2D eigenvalue weighted by atomic mass is 16.1. The summed E-state index contributed by atoms with van der Waals surface area (Å²) in [7, 11) is 0. The average molecular weight is 269 g/mol. The first-order valence-corrected chi connectivity index (χ1v) is 7.78. The number of nitrogens with zero attached hydrogens (tertiary/aromatic N) is 1. The Kier molecular flexibility index (Phi) is 7.39. The average Bonchev–Trinajstić information content (AvgIpc) is 2.37. The van der Waals surface area contributed by atoms with Gasteiger partial charge < -0.3 is 15.5 Å². The summed E-state index contributed by atoms with van der Waals surface area (Å²) in [5, 5.41) is 6.43. The smallest absolute Gasteiger partial charge is 0.221 e. The van der Waals surface area contributed by atoms with Crippen LogP contribution in [0.4, 0.5) is 0 Å². The fourth-order valence-electron chi connectivity index (χ4n) is 2.74. The molecule has 0 saturated carbocycles. The van der Waals surface area contributed by atoms with E-state index < -0.39 is 0 Å². The lowest BCUT2D eigenvalue weighted by Gasteiger charge is -2.34. The lowest BCUT2D eigenvalue weighted by Crippen LogP contribution is -2.43. The standard InChI is InChI=1S/C15H31N3O/c1-5-18-10-7-14(8-11-18)13(4)16-9-6-15(19)17-12(2)3/h12-14,16H,5-11H2,1-4H3,(H,17,19). The molecule has 4 heteroatoms. The first-order chi connectivity index (χ1) is 9.02. The first kappa shape index (κ1) is 16.4. The number of hydrogen-bond acceptors (Lipinski definition) is 3. The molecule has 19 heavy (non-hydrogen) atoms. The molecule has 1 heterocycles. The van der Waals surface area contributed by atoms with Crippen molar-refractivity contribution in [1.82, 2.24) is 15.5 Å². The maximum atomic E-state index is 11.5. The minimum atomic E-state index is 0.149. The van der Waals surface area contributed by atoms with Gasteiger partial charge >= 0.3 is 0 Å². The van der Waals surface area contributed by atoms with Gasteiger partial charge in [-0.05, 0) is 59.2 Å². The maximum Gasteiger partial charge on any atom is 0.221 e. The monoisotopic (exact) mass is 269 g/mol. The van der Waals surface area contributed by atoms with Crippen LogP contribution in [0, 0.1) is 5.92 Å². The summed E-state index contributed by atoms with van der Waals surface area (Å²) in [6.45, 7) is 12.9. The molecule has 1 unspecified atom stereocenters. The molecule has 1 fully saturated rings. The Hall–Kier alpha value is -0.610. The summed E-state index contributed by atoms with van der Waals surface area (Å²) >= 11 is 0. The fraction of sp³-hybridized carbons (Fsp3) is 0.933. The van der Waals surface area contributed by atoms with Gasteiger partial charge in [-0.3, -0.25) is 4.79 Å². The minimum Gasteiger partial charge on any atom is -0.354 e. The van der Waals surface area contributed by atoms with Gasteiger partial charge in [-0.25, -0.2) is 0 Å². The van der Waals surface area contributed by atoms with Crippen LogP contribution in [-0.2, 0) is 4.79 Å². The Balaban J connectivity index is 2.14. The van der Waals surface area contributed by atoms with Gasteiger partial charge in [-0.1, -0.05) is 6.92 Å². The Labute approximate surface area is 118 Å². The number of rotatable bonds is 7. The summed E-state index contributed by atoms with van der Waals surface area (Å²) in [5.74, 6) is 0.909. The van der Waals surface area contributed by atoms with Crippen molar-refractivity contribution in [3.05, 3.63) is 0 Å². The minimum absolute atomic E-state index is 0.149. The number of carbonyl (C=O) groups excluding carboxylic acids is 1. The van der Waals surface area contributed by atoms with Crippen LogP contribution in [0.5, 0.6) is 0 Å². The van der Waals surface area contributed by atoms with Crippen molar-refractivity contribution in [3.63, 3.8) is 0 Å². The molecule has 0 radical (unpaired) electrons. The summed E-state index contributed by atoms with van der Waals surface area (Å²) in [4.78, 5) is 14.0. The molecule has 1 saturated heterocycles.